The van der Waals surface area contributed by atoms with Crippen LogP contribution < -0.4 is 0 Å². The van der Waals surface area contributed by atoms with Gasteiger partial charge in [-0.15, -0.1) is 0 Å². The zero-order chi connectivity index (χ0) is 17.4. The molecule has 1 fully saturated rings. The highest BCUT2D eigenvalue weighted by Crippen LogP contribution is 2.24. The van der Waals surface area contributed by atoms with Gasteiger partial charge in [-0.25, -0.2) is 0 Å². The van der Waals surface area contributed by atoms with E-state index in [-0.39, 0.29) is 12.8 Å². The minimum absolute atomic E-state index is 0.0737. The molecule has 1 saturated heterocycles. The van der Waals surface area contributed by atoms with Gasteiger partial charge in [0.1, 0.15) is 0 Å². The number of rotatable bonds is 10. The maximum absolute atomic E-state index is 12.3. The Kier molecular flexibility index (Phi) is 7.78. The SMILES string of the molecule is CCCCCC(=O)C1C(=O)OC(=O)C(C(=O)CCCCC)C1=O. The van der Waals surface area contributed by atoms with Crippen LogP contribution >= 0.6 is 0 Å². The molecule has 6 nitrogen and oxygen atoms in total. The predicted octanol–water partition coefficient (Wildman–Crippen LogP) is 2.17. The van der Waals surface area contributed by atoms with Crippen LogP contribution in [0, 0.1) is 11.8 Å². The average Bonchev–Trinajstić information content (AvgIpc) is 2.47. The van der Waals surface area contributed by atoms with E-state index in [4.69, 9.17) is 0 Å². The number of esters is 2. The molecule has 0 aromatic carbocycles. The summed E-state index contributed by atoms with van der Waals surface area (Å²) in [7, 11) is 0. The van der Waals surface area contributed by atoms with Crippen molar-refractivity contribution in [3.05, 3.63) is 0 Å². The summed E-state index contributed by atoms with van der Waals surface area (Å²) in [5, 5.41) is 0. The molecule has 2 atom stereocenters. The molecule has 1 rings (SSSR count). The maximum Gasteiger partial charge on any atom is 0.331 e. The van der Waals surface area contributed by atoms with E-state index in [1.54, 1.807) is 0 Å². The van der Waals surface area contributed by atoms with E-state index in [0.29, 0.717) is 12.8 Å². The fourth-order valence-corrected chi connectivity index (χ4v) is 2.58. The number of carbonyl (C=O) groups is 5. The maximum atomic E-state index is 12.3. The number of hydrogen-bond acceptors (Lipinski definition) is 6. The summed E-state index contributed by atoms with van der Waals surface area (Å²) in [5.74, 6) is -7.55. The fraction of sp³-hybridized carbons (Fsp3) is 0.706. The molecule has 0 bridgehead atoms. The first kappa shape index (κ1) is 19.2. The topological polar surface area (TPSA) is 94.6 Å². The number of Topliss-reactive ketones (excluding diaryl/α,β-unsaturated/α-hetero) is 3. The summed E-state index contributed by atoms with van der Waals surface area (Å²) in [6.07, 6.45) is 4.68. The van der Waals surface area contributed by atoms with E-state index in [0.717, 1.165) is 25.7 Å². The molecule has 0 aromatic rings. The van der Waals surface area contributed by atoms with Crippen molar-refractivity contribution in [2.45, 2.75) is 65.2 Å². The second-order valence-electron chi connectivity index (χ2n) is 5.86. The Balaban J connectivity index is 2.79. The minimum Gasteiger partial charge on any atom is -0.391 e. The summed E-state index contributed by atoms with van der Waals surface area (Å²) >= 11 is 0. The van der Waals surface area contributed by atoms with Crippen LogP contribution in [-0.2, 0) is 28.7 Å². The summed E-state index contributed by atoms with van der Waals surface area (Å²) in [4.78, 5) is 59.9. The lowest BCUT2D eigenvalue weighted by atomic mass is 9.82. The molecule has 0 aliphatic carbocycles. The Morgan fingerprint density at radius 1 is 0.783 bits per heavy atom. The average molecular weight is 324 g/mol. The highest BCUT2D eigenvalue weighted by Gasteiger charge is 2.50. The Morgan fingerprint density at radius 2 is 1.17 bits per heavy atom. The fourth-order valence-electron chi connectivity index (χ4n) is 2.58. The van der Waals surface area contributed by atoms with Gasteiger partial charge in [0.15, 0.2) is 29.2 Å². The van der Waals surface area contributed by atoms with Crippen LogP contribution in [0.3, 0.4) is 0 Å². The molecule has 0 aromatic heterocycles. The van der Waals surface area contributed by atoms with Gasteiger partial charge in [-0.3, -0.25) is 24.0 Å². The molecule has 23 heavy (non-hydrogen) atoms. The second-order valence-corrected chi connectivity index (χ2v) is 5.86. The standard InChI is InChI=1S/C17H24O6/c1-3-5-7-9-11(18)13-15(20)14(17(22)23-16(13)21)12(19)10-8-6-4-2/h13-14H,3-10H2,1-2H3. The zero-order valence-electron chi connectivity index (χ0n) is 13.8. The molecular weight excluding hydrogens is 300 g/mol. The first-order valence-corrected chi connectivity index (χ1v) is 8.28. The number of cyclic esters (lactones) is 2. The van der Waals surface area contributed by atoms with Crippen LogP contribution in [0.15, 0.2) is 0 Å². The molecule has 1 heterocycles. The Bertz CT molecular complexity index is 451. The molecule has 0 amide bonds. The summed E-state index contributed by atoms with van der Waals surface area (Å²) < 4.78 is 4.50. The monoisotopic (exact) mass is 324 g/mol. The van der Waals surface area contributed by atoms with Crippen molar-refractivity contribution < 1.29 is 28.7 Å². The van der Waals surface area contributed by atoms with Crippen molar-refractivity contribution in [3.8, 4) is 0 Å². The predicted molar refractivity (Wildman–Crippen MR) is 81.4 cm³/mol. The smallest absolute Gasteiger partial charge is 0.331 e. The van der Waals surface area contributed by atoms with Crippen LogP contribution in [0.2, 0.25) is 0 Å². The van der Waals surface area contributed by atoms with E-state index in [1.165, 1.54) is 0 Å². The minimum atomic E-state index is -1.62. The molecule has 6 heteroatoms. The van der Waals surface area contributed by atoms with Crippen LogP contribution in [0.5, 0.6) is 0 Å². The number of carbonyl (C=O) groups excluding carboxylic acids is 5. The molecular formula is C17H24O6. The van der Waals surface area contributed by atoms with Gasteiger partial charge in [0, 0.05) is 12.8 Å². The third kappa shape index (κ3) is 5.08. The van der Waals surface area contributed by atoms with E-state index < -0.39 is 41.1 Å². The summed E-state index contributed by atoms with van der Waals surface area (Å²) in [5.41, 5.74) is 0. The third-order valence-corrected chi connectivity index (χ3v) is 3.94. The van der Waals surface area contributed by atoms with Gasteiger partial charge >= 0.3 is 11.9 Å². The van der Waals surface area contributed by atoms with Crippen LogP contribution in [0.25, 0.3) is 0 Å². The largest absolute Gasteiger partial charge is 0.391 e. The number of ether oxygens (including phenoxy) is 1. The van der Waals surface area contributed by atoms with Gasteiger partial charge in [-0.2, -0.15) is 0 Å². The van der Waals surface area contributed by atoms with Gasteiger partial charge in [-0.05, 0) is 12.8 Å². The van der Waals surface area contributed by atoms with Gasteiger partial charge in [-0.1, -0.05) is 39.5 Å². The van der Waals surface area contributed by atoms with Gasteiger partial charge < -0.3 is 4.74 Å². The lowest BCUT2D eigenvalue weighted by Crippen LogP contribution is -2.49. The lowest BCUT2D eigenvalue weighted by molar-refractivity contribution is -0.175. The van der Waals surface area contributed by atoms with E-state index in [9.17, 15) is 24.0 Å². The molecule has 128 valence electrons. The number of ketones is 3. The Labute approximate surface area is 135 Å². The Hall–Kier alpha value is -1.85. The molecule has 0 N–H and O–H groups in total. The molecule has 1 aliphatic heterocycles. The van der Waals surface area contributed by atoms with E-state index >= 15 is 0 Å². The molecule has 0 spiro atoms. The first-order chi connectivity index (χ1) is 10.9. The highest BCUT2D eigenvalue weighted by atomic mass is 16.6. The van der Waals surface area contributed by atoms with Crippen LogP contribution in [-0.4, -0.2) is 29.3 Å². The number of unbranched alkanes of at least 4 members (excludes halogenated alkanes) is 4. The van der Waals surface area contributed by atoms with E-state index in [2.05, 4.69) is 4.74 Å². The first-order valence-electron chi connectivity index (χ1n) is 8.28. The van der Waals surface area contributed by atoms with Gasteiger partial charge in [0.2, 0.25) is 0 Å². The van der Waals surface area contributed by atoms with E-state index in [1.807, 2.05) is 13.8 Å². The van der Waals surface area contributed by atoms with Gasteiger partial charge in [0.25, 0.3) is 0 Å². The normalized spacial score (nSPS) is 21.2. The van der Waals surface area contributed by atoms with Crippen molar-refractivity contribution >= 4 is 29.3 Å². The van der Waals surface area contributed by atoms with Crippen molar-refractivity contribution in [1.29, 1.82) is 0 Å². The molecule has 1 aliphatic rings. The molecule has 0 radical (unpaired) electrons. The van der Waals surface area contributed by atoms with Crippen molar-refractivity contribution in [3.63, 3.8) is 0 Å². The zero-order valence-corrected chi connectivity index (χ0v) is 13.8. The van der Waals surface area contributed by atoms with Gasteiger partial charge in [0.05, 0.1) is 0 Å². The van der Waals surface area contributed by atoms with Crippen molar-refractivity contribution in [2.24, 2.45) is 11.8 Å². The molecule has 0 saturated carbocycles. The van der Waals surface area contributed by atoms with Crippen molar-refractivity contribution in [1.82, 2.24) is 0 Å². The summed E-state index contributed by atoms with van der Waals surface area (Å²) in [6, 6.07) is 0. The molecule has 2 unspecified atom stereocenters. The Morgan fingerprint density at radius 3 is 1.52 bits per heavy atom. The quantitative estimate of drug-likeness (QED) is 0.347. The number of hydrogen-bond donors (Lipinski definition) is 0. The second kappa shape index (κ2) is 9.33. The lowest BCUT2D eigenvalue weighted by Gasteiger charge is -2.23. The van der Waals surface area contributed by atoms with Crippen LogP contribution in [0.1, 0.15) is 65.2 Å². The van der Waals surface area contributed by atoms with Crippen LogP contribution in [0.4, 0.5) is 0 Å². The summed E-state index contributed by atoms with van der Waals surface area (Å²) in [6.45, 7) is 3.93. The highest BCUT2D eigenvalue weighted by molar-refractivity contribution is 6.32. The van der Waals surface area contributed by atoms with Crippen molar-refractivity contribution in [2.75, 3.05) is 0 Å². The third-order valence-electron chi connectivity index (χ3n) is 3.94.